The second-order valence-corrected chi connectivity index (χ2v) is 2.82. The molecule has 1 aromatic rings. The first kappa shape index (κ1) is 11.6. The molecule has 0 radical (unpaired) electrons. The molecule has 15 heavy (non-hydrogen) atoms. The van der Waals surface area contributed by atoms with E-state index in [0.29, 0.717) is 11.3 Å². The van der Waals surface area contributed by atoms with Gasteiger partial charge in [-0.3, -0.25) is 0 Å². The summed E-state index contributed by atoms with van der Waals surface area (Å²) in [5.74, 6) is -0.183. The Hall–Kier alpha value is -1.49. The molecule has 0 atom stereocenters. The highest BCUT2D eigenvalue weighted by molar-refractivity contribution is 5.52. The topological polar surface area (TPSA) is 53.7 Å². The summed E-state index contributed by atoms with van der Waals surface area (Å²) in [6, 6.07) is 1.60. The summed E-state index contributed by atoms with van der Waals surface area (Å²) in [6.07, 6.45) is 0. The summed E-state index contributed by atoms with van der Waals surface area (Å²) in [5.41, 5.74) is 6.00. The van der Waals surface area contributed by atoms with Crippen molar-refractivity contribution in [1.29, 1.82) is 0 Å². The molecular formula is C10H14FNO3. The van der Waals surface area contributed by atoms with Crippen molar-refractivity contribution < 1.29 is 18.6 Å². The lowest BCUT2D eigenvalue weighted by Crippen LogP contribution is -2.05. The maximum atomic E-state index is 13.8. The van der Waals surface area contributed by atoms with E-state index in [1.54, 1.807) is 6.07 Å². The molecule has 0 heterocycles. The first-order chi connectivity index (χ1) is 7.19. The van der Waals surface area contributed by atoms with E-state index in [0.717, 1.165) is 0 Å². The number of benzene rings is 1. The van der Waals surface area contributed by atoms with Crippen LogP contribution < -0.4 is 19.9 Å². The molecule has 0 amide bonds. The summed E-state index contributed by atoms with van der Waals surface area (Å²) in [5, 5.41) is 0. The van der Waals surface area contributed by atoms with Crippen LogP contribution >= 0.6 is 0 Å². The molecular weight excluding hydrogens is 201 g/mol. The molecule has 4 nitrogen and oxygen atoms in total. The van der Waals surface area contributed by atoms with Gasteiger partial charge in [0.1, 0.15) is 0 Å². The Balaban J connectivity index is 3.41. The van der Waals surface area contributed by atoms with Crippen molar-refractivity contribution in [2.75, 3.05) is 21.3 Å². The van der Waals surface area contributed by atoms with Gasteiger partial charge >= 0.3 is 0 Å². The fourth-order valence-corrected chi connectivity index (χ4v) is 1.36. The van der Waals surface area contributed by atoms with Crippen LogP contribution in [0, 0.1) is 5.82 Å². The SMILES string of the molecule is COc1cc(CN)c(OC)c(F)c1OC. The zero-order chi connectivity index (χ0) is 11.4. The summed E-state index contributed by atoms with van der Waals surface area (Å²) >= 11 is 0. The van der Waals surface area contributed by atoms with Crippen LogP contribution in [0.2, 0.25) is 0 Å². The minimum Gasteiger partial charge on any atom is -0.493 e. The third-order valence-electron chi connectivity index (χ3n) is 2.07. The molecule has 1 aromatic carbocycles. The molecule has 0 saturated carbocycles. The summed E-state index contributed by atoms with van der Waals surface area (Å²) < 4.78 is 28.6. The van der Waals surface area contributed by atoms with Crippen LogP contribution in [-0.4, -0.2) is 21.3 Å². The largest absolute Gasteiger partial charge is 0.493 e. The molecule has 0 unspecified atom stereocenters. The Morgan fingerprint density at radius 1 is 1.13 bits per heavy atom. The van der Waals surface area contributed by atoms with Gasteiger partial charge in [0.25, 0.3) is 0 Å². The average molecular weight is 215 g/mol. The molecule has 84 valence electrons. The molecule has 2 N–H and O–H groups in total. The van der Waals surface area contributed by atoms with Crippen molar-refractivity contribution in [3.8, 4) is 17.2 Å². The quantitative estimate of drug-likeness (QED) is 0.822. The van der Waals surface area contributed by atoms with Gasteiger partial charge in [-0.25, -0.2) is 0 Å². The number of methoxy groups -OCH3 is 3. The summed E-state index contributed by atoms with van der Waals surface area (Å²) in [4.78, 5) is 0. The van der Waals surface area contributed by atoms with E-state index < -0.39 is 5.82 Å². The average Bonchev–Trinajstić information content (AvgIpc) is 2.27. The third-order valence-corrected chi connectivity index (χ3v) is 2.07. The lowest BCUT2D eigenvalue weighted by atomic mass is 10.1. The minimum atomic E-state index is -0.597. The van der Waals surface area contributed by atoms with Gasteiger partial charge in [-0.15, -0.1) is 0 Å². The van der Waals surface area contributed by atoms with E-state index in [1.165, 1.54) is 21.3 Å². The number of ether oxygens (including phenoxy) is 3. The van der Waals surface area contributed by atoms with Crippen LogP contribution in [0.3, 0.4) is 0 Å². The maximum Gasteiger partial charge on any atom is 0.211 e. The molecule has 0 fully saturated rings. The Bertz CT molecular complexity index is 325. The smallest absolute Gasteiger partial charge is 0.211 e. The Morgan fingerprint density at radius 2 is 1.73 bits per heavy atom. The molecule has 1 rings (SSSR count). The summed E-state index contributed by atoms with van der Waals surface area (Å²) in [7, 11) is 4.18. The van der Waals surface area contributed by atoms with Crippen LogP contribution in [0.15, 0.2) is 6.07 Å². The maximum absolute atomic E-state index is 13.8. The van der Waals surface area contributed by atoms with Crippen molar-refractivity contribution in [3.63, 3.8) is 0 Å². The Kier molecular flexibility index (Phi) is 3.74. The van der Waals surface area contributed by atoms with Crippen LogP contribution in [0.5, 0.6) is 17.2 Å². The van der Waals surface area contributed by atoms with Gasteiger partial charge in [-0.2, -0.15) is 4.39 Å². The van der Waals surface area contributed by atoms with Crippen molar-refractivity contribution in [1.82, 2.24) is 0 Å². The number of nitrogens with two attached hydrogens (primary N) is 1. The fourth-order valence-electron chi connectivity index (χ4n) is 1.36. The first-order valence-electron chi connectivity index (χ1n) is 4.37. The predicted molar refractivity (Wildman–Crippen MR) is 53.9 cm³/mol. The zero-order valence-corrected chi connectivity index (χ0v) is 8.96. The second-order valence-electron chi connectivity index (χ2n) is 2.82. The van der Waals surface area contributed by atoms with Crippen molar-refractivity contribution in [3.05, 3.63) is 17.4 Å². The van der Waals surface area contributed by atoms with Crippen molar-refractivity contribution in [2.24, 2.45) is 5.73 Å². The van der Waals surface area contributed by atoms with E-state index in [2.05, 4.69) is 0 Å². The van der Waals surface area contributed by atoms with Crippen LogP contribution in [0.1, 0.15) is 5.56 Å². The van der Waals surface area contributed by atoms with E-state index in [1.807, 2.05) is 0 Å². The first-order valence-corrected chi connectivity index (χ1v) is 4.37. The van der Waals surface area contributed by atoms with E-state index in [4.69, 9.17) is 19.9 Å². The highest BCUT2D eigenvalue weighted by atomic mass is 19.1. The van der Waals surface area contributed by atoms with Crippen molar-refractivity contribution >= 4 is 0 Å². The number of rotatable bonds is 4. The van der Waals surface area contributed by atoms with Gasteiger partial charge in [0.05, 0.1) is 21.3 Å². The highest BCUT2D eigenvalue weighted by Crippen LogP contribution is 2.38. The lowest BCUT2D eigenvalue weighted by molar-refractivity contribution is 0.318. The van der Waals surface area contributed by atoms with Crippen LogP contribution in [0.25, 0.3) is 0 Å². The van der Waals surface area contributed by atoms with E-state index in [-0.39, 0.29) is 18.0 Å². The highest BCUT2D eigenvalue weighted by Gasteiger charge is 2.19. The van der Waals surface area contributed by atoms with Gasteiger partial charge in [-0.1, -0.05) is 0 Å². The third kappa shape index (κ3) is 1.97. The Morgan fingerprint density at radius 3 is 2.13 bits per heavy atom. The van der Waals surface area contributed by atoms with Crippen LogP contribution in [0.4, 0.5) is 4.39 Å². The van der Waals surface area contributed by atoms with Gasteiger partial charge in [-0.05, 0) is 6.07 Å². The molecule has 0 aliphatic heterocycles. The standard InChI is InChI=1S/C10H14FNO3/c1-13-7-4-6(5-12)9(14-2)8(11)10(7)15-3/h4H,5,12H2,1-3H3. The predicted octanol–water partition coefficient (Wildman–Crippen LogP) is 1.31. The van der Waals surface area contributed by atoms with Gasteiger partial charge in [0.15, 0.2) is 11.5 Å². The van der Waals surface area contributed by atoms with E-state index in [9.17, 15) is 4.39 Å². The molecule has 0 bridgehead atoms. The minimum absolute atomic E-state index is 0.0200. The Labute approximate surface area is 87.7 Å². The summed E-state index contributed by atoms with van der Waals surface area (Å²) in [6.45, 7) is 0.167. The fraction of sp³-hybridized carbons (Fsp3) is 0.400. The zero-order valence-electron chi connectivity index (χ0n) is 8.96. The number of halogens is 1. The van der Waals surface area contributed by atoms with Crippen LogP contribution in [-0.2, 0) is 6.54 Å². The molecule has 0 aliphatic carbocycles. The molecule has 0 saturated heterocycles. The number of hydrogen-bond acceptors (Lipinski definition) is 4. The van der Waals surface area contributed by atoms with Gasteiger partial charge < -0.3 is 19.9 Å². The van der Waals surface area contributed by atoms with Gasteiger partial charge in [0, 0.05) is 12.1 Å². The lowest BCUT2D eigenvalue weighted by Gasteiger charge is -2.14. The normalized spacial score (nSPS) is 9.93. The molecule has 0 aliphatic rings. The number of hydrogen-bond donors (Lipinski definition) is 1. The van der Waals surface area contributed by atoms with Gasteiger partial charge in [0.2, 0.25) is 11.6 Å². The molecule has 0 aromatic heterocycles. The van der Waals surface area contributed by atoms with Crippen molar-refractivity contribution in [2.45, 2.75) is 6.54 Å². The molecule has 5 heteroatoms. The van der Waals surface area contributed by atoms with E-state index >= 15 is 0 Å². The monoisotopic (exact) mass is 215 g/mol. The molecule has 0 spiro atoms. The second kappa shape index (κ2) is 4.84.